The maximum absolute atomic E-state index is 13.6. The van der Waals surface area contributed by atoms with E-state index in [-0.39, 0.29) is 5.82 Å². The number of anilines is 1. The number of hydrogen-bond acceptors (Lipinski definition) is 4. The van der Waals surface area contributed by atoms with Gasteiger partial charge in [0, 0.05) is 39.3 Å². The largest absolute Gasteiger partial charge is 0.381 e. The van der Waals surface area contributed by atoms with Crippen LogP contribution >= 0.6 is 0 Å². The van der Waals surface area contributed by atoms with Crippen LogP contribution in [-0.2, 0) is 0 Å². The molecule has 4 nitrogen and oxygen atoms in total. The zero-order chi connectivity index (χ0) is 12.8. The first-order chi connectivity index (χ1) is 8.79. The van der Waals surface area contributed by atoms with Gasteiger partial charge in [-0.2, -0.15) is 5.26 Å². The van der Waals surface area contributed by atoms with Crippen molar-refractivity contribution in [2.24, 2.45) is 0 Å². The number of nitriles is 1. The number of rotatable bonds is 4. The molecule has 1 saturated heterocycles. The average molecular weight is 248 g/mol. The Bertz CT molecular complexity index is 435. The Hall–Kier alpha value is -1.64. The Morgan fingerprint density at radius 3 is 2.83 bits per heavy atom. The van der Waals surface area contributed by atoms with Crippen LogP contribution in [0.15, 0.2) is 18.2 Å². The van der Waals surface area contributed by atoms with E-state index in [0.717, 1.165) is 32.7 Å². The Labute approximate surface area is 106 Å². The molecule has 0 saturated carbocycles. The zero-order valence-corrected chi connectivity index (χ0v) is 10.2. The first-order valence-electron chi connectivity index (χ1n) is 6.16. The highest BCUT2D eigenvalue weighted by atomic mass is 19.1. The molecule has 0 aromatic heterocycles. The fourth-order valence-electron chi connectivity index (χ4n) is 2.01. The van der Waals surface area contributed by atoms with Crippen LogP contribution in [-0.4, -0.2) is 44.2 Å². The van der Waals surface area contributed by atoms with Gasteiger partial charge in [-0.3, -0.25) is 4.90 Å². The lowest BCUT2D eigenvalue weighted by molar-refractivity contribution is 0.249. The summed E-state index contributed by atoms with van der Waals surface area (Å²) in [4.78, 5) is 2.34. The summed E-state index contributed by atoms with van der Waals surface area (Å²) in [5, 5.41) is 15.0. The summed E-state index contributed by atoms with van der Waals surface area (Å²) in [5.41, 5.74) is 0.810. The van der Waals surface area contributed by atoms with Crippen LogP contribution in [0.2, 0.25) is 0 Å². The fraction of sp³-hybridized carbons (Fsp3) is 0.462. The second-order valence-corrected chi connectivity index (χ2v) is 4.32. The SMILES string of the molecule is N#Cc1ccc(NCCN2CCNCC2)c(F)c1. The molecule has 1 aromatic rings. The highest BCUT2D eigenvalue weighted by Gasteiger charge is 2.09. The molecule has 1 aliphatic heterocycles. The van der Waals surface area contributed by atoms with E-state index in [9.17, 15) is 4.39 Å². The minimum atomic E-state index is -0.366. The topological polar surface area (TPSA) is 51.1 Å². The summed E-state index contributed by atoms with van der Waals surface area (Å²) in [5.74, 6) is -0.366. The second-order valence-electron chi connectivity index (χ2n) is 4.32. The van der Waals surface area contributed by atoms with E-state index in [2.05, 4.69) is 15.5 Å². The molecule has 1 aromatic carbocycles. The molecule has 0 bridgehead atoms. The number of nitrogens with one attached hydrogen (secondary N) is 2. The maximum Gasteiger partial charge on any atom is 0.147 e. The van der Waals surface area contributed by atoms with Crippen molar-refractivity contribution in [2.45, 2.75) is 0 Å². The summed E-state index contributed by atoms with van der Waals surface area (Å²) in [6.07, 6.45) is 0. The molecule has 96 valence electrons. The molecule has 5 heteroatoms. The van der Waals surface area contributed by atoms with Crippen LogP contribution in [0.5, 0.6) is 0 Å². The molecule has 0 spiro atoms. The first kappa shape index (κ1) is 12.8. The molecule has 0 aliphatic carbocycles. The Balaban J connectivity index is 1.81. The van der Waals surface area contributed by atoms with Gasteiger partial charge in [0.1, 0.15) is 5.82 Å². The lowest BCUT2D eigenvalue weighted by Gasteiger charge is -2.27. The van der Waals surface area contributed by atoms with Crippen molar-refractivity contribution in [3.63, 3.8) is 0 Å². The van der Waals surface area contributed by atoms with E-state index in [0.29, 0.717) is 17.8 Å². The van der Waals surface area contributed by atoms with Crippen LogP contribution in [0.1, 0.15) is 5.56 Å². The van der Waals surface area contributed by atoms with E-state index < -0.39 is 0 Å². The van der Waals surface area contributed by atoms with E-state index in [1.165, 1.54) is 6.07 Å². The molecular weight excluding hydrogens is 231 g/mol. The summed E-state index contributed by atoms with van der Waals surface area (Å²) in [6.45, 7) is 5.73. The number of hydrogen-bond donors (Lipinski definition) is 2. The Morgan fingerprint density at radius 2 is 2.17 bits per heavy atom. The highest BCUT2D eigenvalue weighted by molar-refractivity contribution is 5.48. The molecule has 0 unspecified atom stereocenters. The van der Waals surface area contributed by atoms with Gasteiger partial charge in [0.2, 0.25) is 0 Å². The third kappa shape index (κ3) is 3.42. The molecule has 1 heterocycles. The van der Waals surface area contributed by atoms with Crippen LogP contribution < -0.4 is 10.6 Å². The van der Waals surface area contributed by atoms with E-state index in [1.807, 2.05) is 6.07 Å². The number of nitrogens with zero attached hydrogens (tertiary/aromatic N) is 2. The number of halogens is 1. The lowest BCUT2D eigenvalue weighted by Crippen LogP contribution is -2.45. The van der Waals surface area contributed by atoms with E-state index in [4.69, 9.17) is 5.26 Å². The molecule has 0 radical (unpaired) electrons. The molecule has 1 fully saturated rings. The van der Waals surface area contributed by atoms with Crippen molar-refractivity contribution in [3.8, 4) is 6.07 Å². The fourth-order valence-corrected chi connectivity index (χ4v) is 2.01. The lowest BCUT2D eigenvalue weighted by atomic mass is 10.2. The molecule has 18 heavy (non-hydrogen) atoms. The second kappa shape index (κ2) is 6.34. The molecule has 0 atom stereocenters. The van der Waals surface area contributed by atoms with Gasteiger partial charge >= 0.3 is 0 Å². The van der Waals surface area contributed by atoms with Crippen molar-refractivity contribution < 1.29 is 4.39 Å². The molecule has 2 N–H and O–H groups in total. The number of benzene rings is 1. The van der Waals surface area contributed by atoms with Crippen molar-refractivity contribution in [3.05, 3.63) is 29.6 Å². The van der Waals surface area contributed by atoms with Crippen molar-refractivity contribution in [1.82, 2.24) is 10.2 Å². The number of piperazine rings is 1. The van der Waals surface area contributed by atoms with E-state index in [1.54, 1.807) is 12.1 Å². The smallest absolute Gasteiger partial charge is 0.147 e. The van der Waals surface area contributed by atoms with Gasteiger partial charge < -0.3 is 10.6 Å². The Morgan fingerprint density at radius 1 is 1.39 bits per heavy atom. The summed E-state index contributed by atoms with van der Waals surface area (Å²) < 4.78 is 13.6. The summed E-state index contributed by atoms with van der Waals surface area (Å²) >= 11 is 0. The van der Waals surface area contributed by atoms with Gasteiger partial charge in [-0.25, -0.2) is 4.39 Å². The third-order valence-electron chi connectivity index (χ3n) is 3.05. The van der Waals surface area contributed by atoms with Crippen molar-refractivity contribution in [1.29, 1.82) is 5.26 Å². The van der Waals surface area contributed by atoms with Crippen LogP contribution in [0.4, 0.5) is 10.1 Å². The van der Waals surface area contributed by atoms with Gasteiger partial charge in [-0.05, 0) is 18.2 Å². The molecule has 1 aliphatic rings. The zero-order valence-electron chi connectivity index (χ0n) is 10.2. The standard InChI is InChI=1S/C13H17FN4/c14-12-9-11(10-15)1-2-13(12)17-5-8-18-6-3-16-4-7-18/h1-2,9,16-17H,3-8H2. The summed E-state index contributed by atoms with van der Waals surface area (Å²) in [7, 11) is 0. The predicted molar refractivity (Wildman–Crippen MR) is 68.9 cm³/mol. The monoisotopic (exact) mass is 248 g/mol. The van der Waals surface area contributed by atoms with Gasteiger partial charge in [-0.1, -0.05) is 0 Å². The molecule has 0 amide bonds. The Kier molecular flexibility index (Phi) is 4.51. The van der Waals surface area contributed by atoms with Crippen LogP contribution in [0.3, 0.4) is 0 Å². The predicted octanol–water partition coefficient (Wildman–Crippen LogP) is 1.01. The molecule has 2 rings (SSSR count). The minimum Gasteiger partial charge on any atom is -0.381 e. The van der Waals surface area contributed by atoms with Crippen LogP contribution in [0, 0.1) is 17.1 Å². The van der Waals surface area contributed by atoms with Gasteiger partial charge in [0.05, 0.1) is 17.3 Å². The quantitative estimate of drug-likeness (QED) is 0.835. The normalized spacial score (nSPS) is 16.2. The highest BCUT2D eigenvalue weighted by Crippen LogP contribution is 2.14. The van der Waals surface area contributed by atoms with Crippen molar-refractivity contribution in [2.75, 3.05) is 44.6 Å². The van der Waals surface area contributed by atoms with Gasteiger partial charge in [0.25, 0.3) is 0 Å². The van der Waals surface area contributed by atoms with Gasteiger partial charge in [0.15, 0.2) is 0 Å². The van der Waals surface area contributed by atoms with Crippen LogP contribution in [0.25, 0.3) is 0 Å². The van der Waals surface area contributed by atoms with E-state index >= 15 is 0 Å². The third-order valence-corrected chi connectivity index (χ3v) is 3.05. The maximum atomic E-state index is 13.6. The van der Waals surface area contributed by atoms with Crippen molar-refractivity contribution >= 4 is 5.69 Å². The average Bonchev–Trinajstić information content (AvgIpc) is 2.42. The molecular formula is C13H17FN4. The summed E-state index contributed by atoms with van der Waals surface area (Å²) in [6, 6.07) is 6.41. The van der Waals surface area contributed by atoms with Gasteiger partial charge in [-0.15, -0.1) is 0 Å². The first-order valence-corrected chi connectivity index (χ1v) is 6.16. The minimum absolute atomic E-state index is 0.347.